The maximum absolute atomic E-state index is 13.2. The van der Waals surface area contributed by atoms with Gasteiger partial charge in [0, 0.05) is 12.0 Å². The van der Waals surface area contributed by atoms with Crippen molar-refractivity contribution in [2.45, 2.75) is 57.3 Å². The molecule has 4 rings (SSSR count). The quantitative estimate of drug-likeness (QED) is 0.800. The third-order valence-electron chi connectivity index (χ3n) is 6.40. The fourth-order valence-electron chi connectivity index (χ4n) is 4.53. The molecule has 1 saturated heterocycles. The average Bonchev–Trinajstić information content (AvgIpc) is 3.53. The van der Waals surface area contributed by atoms with E-state index in [1.54, 1.807) is 6.07 Å². The lowest BCUT2D eigenvalue weighted by molar-refractivity contribution is -0.137. The molecule has 27 heavy (non-hydrogen) atoms. The lowest BCUT2D eigenvalue weighted by Crippen LogP contribution is -2.39. The van der Waals surface area contributed by atoms with Crippen molar-refractivity contribution in [1.29, 1.82) is 0 Å². The molecule has 2 aliphatic carbocycles. The summed E-state index contributed by atoms with van der Waals surface area (Å²) in [7, 11) is 0. The summed E-state index contributed by atoms with van der Waals surface area (Å²) in [4.78, 5) is 15.1. The lowest BCUT2D eigenvalue weighted by Gasteiger charge is -2.32. The minimum Gasteiger partial charge on any atom is -0.333 e. The summed E-state index contributed by atoms with van der Waals surface area (Å²) in [5.74, 6) is 0.206. The van der Waals surface area contributed by atoms with Gasteiger partial charge in [-0.1, -0.05) is 12.1 Å². The van der Waals surface area contributed by atoms with Gasteiger partial charge in [0.2, 0.25) is 5.91 Å². The highest BCUT2D eigenvalue weighted by molar-refractivity contribution is 5.85. The summed E-state index contributed by atoms with van der Waals surface area (Å²) >= 11 is 0. The molecule has 1 heterocycles. The van der Waals surface area contributed by atoms with Crippen LogP contribution in [0.4, 0.5) is 13.2 Å². The standard InChI is InChI=1S/C20H25F3N2O.ClH/c1-13(14-3-2-4-15(11-14)20(21,22)23)25(16-5-6-16)18(26)17-12-19(17)7-9-24-10-8-19;/h2-4,11,13,16-17,24H,5-10,12H2,1H3;1H. The Labute approximate surface area is 164 Å². The molecule has 7 heteroatoms. The average molecular weight is 403 g/mol. The third kappa shape index (κ3) is 3.97. The molecule has 0 radical (unpaired) electrons. The molecule has 1 spiro atoms. The van der Waals surface area contributed by atoms with Gasteiger partial charge < -0.3 is 10.2 Å². The molecule has 1 aromatic carbocycles. The number of carbonyl (C=O) groups is 1. The molecule has 0 aromatic heterocycles. The molecule has 1 amide bonds. The summed E-state index contributed by atoms with van der Waals surface area (Å²) in [6.45, 7) is 3.77. The fraction of sp³-hybridized carbons (Fsp3) is 0.650. The molecule has 150 valence electrons. The Bertz CT molecular complexity index is 699. The van der Waals surface area contributed by atoms with E-state index in [4.69, 9.17) is 0 Å². The molecule has 1 N–H and O–H groups in total. The van der Waals surface area contributed by atoms with E-state index in [0.29, 0.717) is 5.56 Å². The number of halogens is 4. The van der Waals surface area contributed by atoms with E-state index in [1.165, 1.54) is 12.1 Å². The van der Waals surface area contributed by atoms with Gasteiger partial charge in [-0.2, -0.15) is 13.2 Å². The molecule has 2 atom stereocenters. The van der Waals surface area contributed by atoms with E-state index in [2.05, 4.69) is 5.32 Å². The van der Waals surface area contributed by atoms with Crippen molar-refractivity contribution in [3.63, 3.8) is 0 Å². The van der Waals surface area contributed by atoms with Crippen molar-refractivity contribution < 1.29 is 18.0 Å². The monoisotopic (exact) mass is 402 g/mol. The van der Waals surface area contributed by atoms with Crippen LogP contribution in [0.25, 0.3) is 0 Å². The van der Waals surface area contributed by atoms with E-state index in [1.807, 2.05) is 11.8 Å². The van der Waals surface area contributed by atoms with Crippen molar-refractivity contribution in [2.75, 3.05) is 13.1 Å². The second kappa shape index (κ2) is 7.28. The van der Waals surface area contributed by atoms with Gasteiger partial charge in [0.05, 0.1) is 11.6 Å². The third-order valence-corrected chi connectivity index (χ3v) is 6.40. The van der Waals surface area contributed by atoms with Gasteiger partial charge in [-0.05, 0) is 75.2 Å². The maximum Gasteiger partial charge on any atom is 0.416 e. The number of rotatable bonds is 4. The van der Waals surface area contributed by atoms with Crippen molar-refractivity contribution in [3.05, 3.63) is 35.4 Å². The highest BCUT2D eigenvalue weighted by atomic mass is 35.5. The predicted octanol–water partition coefficient (Wildman–Crippen LogP) is 4.57. The summed E-state index contributed by atoms with van der Waals surface area (Å²) in [5, 5.41) is 3.34. The Morgan fingerprint density at radius 2 is 1.93 bits per heavy atom. The highest BCUT2D eigenvalue weighted by Gasteiger charge is 2.59. The number of hydrogen-bond acceptors (Lipinski definition) is 2. The number of hydrogen-bond donors (Lipinski definition) is 1. The second-order valence-corrected chi connectivity index (χ2v) is 8.14. The number of nitrogens with one attached hydrogen (secondary N) is 1. The van der Waals surface area contributed by atoms with Crippen LogP contribution in [-0.4, -0.2) is 29.9 Å². The van der Waals surface area contributed by atoms with Gasteiger partial charge >= 0.3 is 6.18 Å². The Morgan fingerprint density at radius 1 is 1.26 bits per heavy atom. The topological polar surface area (TPSA) is 32.3 Å². The molecule has 0 bridgehead atoms. The molecule has 2 saturated carbocycles. The summed E-state index contributed by atoms with van der Waals surface area (Å²) in [6, 6.07) is 5.29. The van der Waals surface area contributed by atoms with Crippen LogP contribution >= 0.6 is 12.4 Å². The molecular formula is C20H26ClF3N2O. The largest absolute Gasteiger partial charge is 0.416 e. The summed E-state index contributed by atoms with van der Waals surface area (Å²) in [6.07, 6.45) is 0.540. The first kappa shape index (κ1) is 20.5. The first-order valence-corrected chi connectivity index (χ1v) is 9.52. The number of benzene rings is 1. The smallest absolute Gasteiger partial charge is 0.333 e. The summed E-state index contributed by atoms with van der Waals surface area (Å²) in [5.41, 5.74) is 0.0644. The van der Waals surface area contributed by atoms with Crippen LogP contribution in [0.3, 0.4) is 0 Å². The first-order valence-electron chi connectivity index (χ1n) is 9.52. The zero-order valence-corrected chi connectivity index (χ0v) is 16.2. The number of nitrogens with zero attached hydrogens (tertiary/aromatic N) is 1. The molecule has 2 unspecified atom stereocenters. The number of amides is 1. The Morgan fingerprint density at radius 3 is 2.52 bits per heavy atom. The van der Waals surface area contributed by atoms with Crippen LogP contribution in [0.5, 0.6) is 0 Å². The van der Waals surface area contributed by atoms with Crippen LogP contribution in [0.2, 0.25) is 0 Å². The van der Waals surface area contributed by atoms with Gasteiger partial charge in [-0.15, -0.1) is 12.4 Å². The van der Waals surface area contributed by atoms with Gasteiger partial charge in [-0.25, -0.2) is 0 Å². The van der Waals surface area contributed by atoms with E-state index in [9.17, 15) is 18.0 Å². The fourth-order valence-corrected chi connectivity index (χ4v) is 4.53. The van der Waals surface area contributed by atoms with E-state index in [0.717, 1.165) is 51.3 Å². The molecular weight excluding hydrogens is 377 g/mol. The van der Waals surface area contributed by atoms with Crippen molar-refractivity contribution in [2.24, 2.45) is 11.3 Å². The number of alkyl halides is 3. The molecule has 1 aromatic rings. The van der Waals surface area contributed by atoms with Crippen LogP contribution < -0.4 is 5.32 Å². The normalized spacial score (nSPS) is 24.8. The zero-order valence-electron chi connectivity index (χ0n) is 15.4. The van der Waals surface area contributed by atoms with Gasteiger partial charge in [0.25, 0.3) is 0 Å². The van der Waals surface area contributed by atoms with E-state index in [-0.39, 0.29) is 41.7 Å². The van der Waals surface area contributed by atoms with Crippen LogP contribution in [0.1, 0.15) is 56.2 Å². The van der Waals surface area contributed by atoms with Crippen LogP contribution in [0.15, 0.2) is 24.3 Å². The minimum atomic E-state index is -4.36. The Balaban J connectivity index is 0.00000210. The molecule has 3 nitrogen and oxygen atoms in total. The Hall–Kier alpha value is -1.27. The van der Waals surface area contributed by atoms with Gasteiger partial charge in [-0.3, -0.25) is 4.79 Å². The van der Waals surface area contributed by atoms with Crippen LogP contribution in [-0.2, 0) is 11.0 Å². The van der Waals surface area contributed by atoms with Gasteiger partial charge in [0.1, 0.15) is 0 Å². The molecule has 1 aliphatic heterocycles. The van der Waals surface area contributed by atoms with Crippen molar-refractivity contribution in [3.8, 4) is 0 Å². The molecule has 3 aliphatic rings. The first-order chi connectivity index (χ1) is 12.3. The molecule has 3 fully saturated rings. The maximum atomic E-state index is 13.2. The van der Waals surface area contributed by atoms with E-state index >= 15 is 0 Å². The minimum absolute atomic E-state index is 0. The van der Waals surface area contributed by atoms with Crippen LogP contribution in [0, 0.1) is 11.3 Å². The summed E-state index contributed by atoms with van der Waals surface area (Å²) < 4.78 is 39.2. The second-order valence-electron chi connectivity index (χ2n) is 8.14. The Kier molecular flexibility index (Phi) is 5.52. The number of carbonyl (C=O) groups excluding carboxylic acids is 1. The lowest BCUT2D eigenvalue weighted by atomic mass is 9.91. The highest BCUT2D eigenvalue weighted by Crippen LogP contribution is 2.60. The SMILES string of the molecule is CC(c1cccc(C(F)(F)F)c1)N(C(=O)C1CC12CCNCC2)C1CC1.Cl. The van der Waals surface area contributed by atoms with Gasteiger partial charge in [0.15, 0.2) is 0 Å². The van der Waals surface area contributed by atoms with Crippen molar-refractivity contribution >= 4 is 18.3 Å². The predicted molar refractivity (Wildman–Crippen MR) is 99.6 cm³/mol. The number of piperidine rings is 1. The zero-order chi connectivity index (χ0) is 18.5. The van der Waals surface area contributed by atoms with Crippen molar-refractivity contribution in [1.82, 2.24) is 10.2 Å². The van der Waals surface area contributed by atoms with E-state index < -0.39 is 11.7 Å².